The van der Waals surface area contributed by atoms with Crippen molar-refractivity contribution < 1.29 is 23.6 Å². The lowest BCUT2D eigenvalue weighted by Crippen LogP contribution is -2.41. The molecule has 2 atom stereocenters. The summed E-state index contributed by atoms with van der Waals surface area (Å²) in [6.07, 6.45) is 4.56. The Bertz CT molecular complexity index is 909. The molecule has 1 saturated heterocycles. The van der Waals surface area contributed by atoms with Crippen LogP contribution in [0.25, 0.3) is 0 Å². The first-order valence-corrected chi connectivity index (χ1v) is 12.0. The van der Waals surface area contributed by atoms with Crippen molar-refractivity contribution in [1.29, 1.82) is 0 Å². The van der Waals surface area contributed by atoms with Gasteiger partial charge in [0, 0.05) is 6.42 Å². The Morgan fingerprint density at radius 3 is 2.30 bits per heavy atom. The molecule has 176 valence electrons. The molecular weight excluding hydrogens is 415 g/mol. The average Bonchev–Trinajstić information content (AvgIpc) is 3.01. The van der Waals surface area contributed by atoms with Crippen LogP contribution >= 0.6 is 0 Å². The molecule has 2 aromatic carbocycles. The van der Waals surface area contributed by atoms with Crippen molar-refractivity contribution in [3.05, 3.63) is 60.2 Å². The fraction of sp³-hybridized carbons (Fsp3) is 0.519. The van der Waals surface area contributed by atoms with Gasteiger partial charge in [-0.2, -0.15) is 0 Å². The summed E-state index contributed by atoms with van der Waals surface area (Å²) in [6, 6.07) is 17.8. The zero-order chi connectivity index (χ0) is 23.5. The minimum Gasteiger partial charge on any atom is -0.490 e. The normalized spacial score (nSPS) is 23.8. The SMILES string of the molecule is CC1(C)OB(c2ccc(O[C@@H]3CCC[C@@H](CC(=O)OCc4ccccc4)C3)cc2)OC1(C)C. The van der Waals surface area contributed by atoms with E-state index in [4.69, 9.17) is 18.8 Å². The van der Waals surface area contributed by atoms with Crippen molar-refractivity contribution in [2.45, 2.75) is 83.7 Å². The molecule has 6 heteroatoms. The third kappa shape index (κ3) is 5.98. The monoisotopic (exact) mass is 450 g/mol. The van der Waals surface area contributed by atoms with Gasteiger partial charge in [0.25, 0.3) is 0 Å². The molecule has 0 unspecified atom stereocenters. The van der Waals surface area contributed by atoms with E-state index >= 15 is 0 Å². The lowest BCUT2D eigenvalue weighted by molar-refractivity contribution is -0.146. The van der Waals surface area contributed by atoms with E-state index in [1.807, 2.05) is 54.6 Å². The van der Waals surface area contributed by atoms with E-state index in [1.54, 1.807) is 0 Å². The average molecular weight is 450 g/mol. The predicted octanol–water partition coefficient (Wildman–Crippen LogP) is 5.06. The Labute approximate surface area is 197 Å². The summed E-state index contributed by atoms with van der Waals surface area (Å²) in [5.74, 6) is 1.01. The molecule has 1 saturated carbocycles. The Hall–Kier alpha value is -2.31. The van der Waals surface area contributed by atoms with Crippen LogP contribution < -0.4 is 10.2 Å². The number of ether oxygens (including phenoxy) is 2. The molecule has 2 aromatic rings. The maximum Gasteiger partial charge on any atom is 0.494 e. The molecule has 0 radical (unpaired) electrons. The van der Waals surface area contributed by atoms with Gasteiger partial charge in [-0.3, -0.25) is 4.79 Å². The highest BCUT2D eigenvalue weighted by atomic mass is 16.7. The molecule has 0 spiro atoms. The number of carbonyl (C=O) groups excluding carboxylic acids is 1. The van der Waals surface area contributed by atoms with Crippen molar-refractivity contribution in [1.82, 2.24) is 0 Å². The second-order valence-corrected chi connectivity index (χ2v) is 10.3. The maximum atomic E-state index is 12.3. The fourth-order valence-electron chi connectivity index (χ4n) is 4.44. The van der Waals surface area contributed by atoms with Gasteiger partial charge >= 0.3 is 13.1 Å². The van der Waals surface area contributed by atoms with Crippen LogP contribution in [-0.4, -0.2) is 30.4 Å². The van der Waals surface area contributed by atoms with E-state index in [9.17, 15) is 4.79 Å². The maximum absolute atomic E-state index is 12.3. The third-order valence-electron chi connectivity index (χ3n) is 7.14. The standard InChI is InChI=1S/C27H35BO5/c1-26(2)27(3,4)33-28(32-26)22-13-15-23(16-14-22)31-24-12-8-11-21(17-24)18-25(29)30-19-20-9-6-5-7-10-20/h5-7,9-10,13-16,21,24H,8,11-12,17-19H2,1-4H3/t21-,24-/m1/s1. The van der Waals surface area contributed by atoms with Crippen molar-refractivity contribution in [2.24, 2.45) is 5.92 Å². The molecular formula is C27H35BO5. The Morgan fingerprint density at radius 1 is 0.970 bits per heavy atom. The Kier molecular flexibility index (Phi) is 7.15. The number of rotatable bonds is 7. The van der Waals surface area contributed by atoms with Gasteiger partial charge in [0.05, 0.1) is 17.3 Å². The quantitative estimate of drug-likeness (QED) is 0.436. The van der Waals surface area contributed by atoms with E-state index < -0.39 is 0 Å². The molecule has 1 heterocycles. The molecule has 5 nitrogen and oxygen atoms in total. The van der Waals surface area contributed by atoms with Gasteiger partial charge in [0.15, 0.2) is 0 Å². The highest BCUT2D eigenvalue weighted by Crippen LogP contribution is 2.36. The van der Waals surface area contributed by atoms with Crippen LogP contribution in [0.5, 0.6) is 5.75 Å². The smallest absolute Gasteiger partial charge is 0.490 e. The summed E-state index contributed by atoms with van der Waals surface area (Å²) in [7, 11) is -0.370. The van der Waals surface area contributed by atoms with E-state index in [-0.39, 0.29) is 30.4 Å². The van der Waals surface area contributed by atoms with Gasteiger partial charge in [-0.15, -0.1) is 0 Å². The summed E-state index contributed by atoms with van der Waals surface area (Å²) >= 11 is 0. The minimum atomic E-state index is -0.370. The van der Waals surface area contributed by atoms with Crippen molar-refractivity contribution >= 4 is 18.6 Å². The van der Waals surface area contributed by atoms with Crippen molar-refractivity contribution in [2.75, 3.05) is 0 Å². The van der Waals surface area contributed by atoms with Crippen LogP contribution in [0.1, 0.15) is 65.4 Å². The Balaban J connectivity index is 1.26. The van der Waals surface area contributed by atoms with Gasteiger partial charge in [-0.05, 0) is 82.5 Å². The number of esters is 1. The third-order valence-corrected chi connectivity index (χ3v) is 7.14. The molecule has 0 bridgehead atoms. The van der Waals surface area contributed by atoms with Crippen LogP contribution in [0.15, 0.2) is 54.6 Å². The van der Waals surface area contributed by atoms with E-state index in [0.29, 0.717) is 18.9 Å². The largest absolute Gasteiger partial charge is 0.494 e. The predicted molar refractivity (Wildman–Crippen MR) is 129 cm³/mol. The van der Waals surface area contributed by atoms with Crippen molar-refractivity contribution in [3.8, 4) is 5.75 Å². The van der Waals surface area contributed by atoms with Gasteiger partial charge in [0.1, 0.15) is 12.4 Å². The molecule has 2 fully saturated rings. The van der Waals surface area contributed by atoms with Crippen LogP contribution in [0.2, 0.25) is 0 Å². The van der Waals surface area contributed by atoms with Crippen LogP contribution in [0.4, 0.5) is 0 Å². The van der Waals surface area contributed by atoms with Crippen LogP contribution in [-0.2, 0) is 25.4 Å². The number of hydrogen-bond donors (Lipinski definition) is 0. The van der Waals surface area contributed by atoms with Gasteiger partial charge in [-0.25, -0.2) is 0 Å². The molecule has 0 aromatic heterocycles. The first-order valence-electron chi connectivity index (χ1n) is 12.0. The zero-order valence-electron chi connectivity index (χ0n) is 20.2. The lowest BCUT2D eigenvalue weighted by Gasteiger charge is -2.32. The molecule has 2 aliphatic rings. The second-order valence-electron chi connectivity index (χ2n) is 10.3. The highest BCUT2D eigenvalue weighted by Gasteiger charge is 2.51. The minimum absolute atomic E-state index is 0.119. The highest BCUT2D eigenvalue weighted by molar-refractivity contribution is 6.62. The lowest BCUT2D eigenvalue weighted by atomic mass is 9.79. The first kappa shape index (κ1) is 23.8. The van der Waals surface area contributed by atoms with Crippen molar-refractivity contribution in [3.63, 3.8) is 0 Å². The Morgan fingerprint density at radius 2 is 1.64 bits per heavy atom. The summed E-state index contributed by atoms with van der Waals surface area (Å²) < 4.78 is 24.0. The van der Waals surface area contributed by atoms with Gasteiger partial charge in [0.2, 0.25) is 0 Å². The molecule has 1 aliphatic carbocycles. The molecule has 0 amide bonds. The fourth-order valence-corrected chi connectivity index (χ4v) is 4.44. The summed E-state index contributed by atoms with van der Waals surface area (Å²) in [6.45, 7) is 8.56. The zero-order valence-corrected chi connectivity index (χ0v) is 20.2. The van der Waals surface area contributed by atoms with E-state index in [0.717, 1.165) is 42.5 Å². The second kappa shape index (κ2) is 9.90. The molecule has 1 aliphatic heterocycles. The van der Waals surface area contributed by atoms with E-state index in [2.05, 4.69) is 27.7 Å². The van der Waals surface area contributed by atoms with E-state index in [1.165, 1.54) is 0 Å². The summed E-state index contributed by atoms with van der Waals surface area (Å²) in [5, 5.41) is 0. The van der Waals surface area contributed by atoms with Crippen LogP contribution in [0.3, 0.4) is 0 Å². The van der Waals surface area contributed by atoms with Crippen LogP contribution in [0, 0.1) is 5.92 Å². The van der Waals surface area contributed by atoms with Gasteiger partial charge < -0.3 is 18.8 Å². The molecule has 0 N–H and O–H groups in total. The number of carbonyl (C=O) groups is 1. The number of hydrogen-bond acceptors (Lipinski definition) is 5. The molecule has 33 heavy (non-hydrogen) atoms. The molecule has 4 rings (SSSR count). The number of benzene rings is 2. The van der Waals surface area contributed by atoms with Gasteiger partial charge in [-0.1, -0.05) is 42.5 Å². The first-order chi connectivity index (χ1) is 15.7. The summed E-state index contributed by atoms with van der Waals surface area (Å²) in [4.78, 5) is 12.3. The topological polar surface area (TPSA) is 54.0 Å². The summed E-state index contributed by atoms with van der Waals surface area (Å²) in [5.41, 5.74) is 1.29.